The third-order valence-electron chi connectivity index (χ3n) is 5.13. The average Bonchev–Trinajstić information content (AvgIpc) is 2.99. The quantitative estimate of drug-likeness (QED) is 0.585. The molecule has 0 fully saturated rings. The first-order chi connectivity index (χ1) is 14.4. The molecule has 0 aliphatic carbocycles. The van der Waals surface area contributed by atoms with Crippen LogP contribution in [0.25, 0.3) is 11.0 Å². The number of carbonyl (C=O) groups is 1. The van der Waals surface area contributed by atoms with Gasteiger partial charge in [-0.15, -0.1) is 0 Å². The van der Waals surface area contributed by atoms with E-state index in [-0.39, 0.29) is 28.9 Å². The van der Waals surface area contributed by atoms with Gasteiger partial charge in [-0.3, -0.25) is 9.59 Å². The van der Waals surface area contributed by atoms with Crippen LogP contribution in [0.15, 0.2) is 51.7 Å². The fourth-order valence-electron chi connectivity index (χ4n) is 3.78. The van der Waals surface area contributed by atoms with Gasteiger partial charge >= 0.3 is 0 Å². The van der Waals surface area contributed by atoms with E-state index < -0.39 is 6.04 Å². The van der Waals surface area contributed by atoms with Crippen molar-refractivity contribution < 1.29 is 19.1 Å². The first-order valence-corrected chi connectivity index (χ1v) is 10.2. The third-order valence-corrected chi connectivity index (χ3v) is 5.37. The SMILES string of the molecule is CC(C)OCCCN1C(=O)c2oc3ccc(Cl)cc3c(=O)c2C1c1ccc(O)cc1. The van der Waals surface area contributed by atoms with Crippen molar-refractivity contribution >= 4 is 28.5 Å². The van der Waals surface area contributed by atoms with Crippen molar-refractivity contribution in [3.05, 3.63) is 74.6 Å². The van der Waals surface area contributed by atoms with Crippen molar-refractivity contribution in [2.75, 3.05) is 13.2 Å². The van der Waals surface area contributed by atoms with Crippen molar-refractivity contribution in [2.45, 2.75) is 32.4 Å². The van der Waals surface area contributed by atoms with E-state index in [9.17, 15) is 14.7 Å². The number of amides is 1. The van der Waals surface area contributed by atoms with E-state index in [1.54, 1.807) is 35.2 Å². The number of phenols is 1. The minimum Gasteiger partial charge on any atom is -0.508 e. The molecule has 0 radical (unpaired) electrons. The Hall–Kier alpha value is -2.83. The highest BCUT2D eigenvalue weighted by Gasteiger charge is 2.42. The van der Waals surface area contributed by atoms with Gasteiger partial charge in [-0.2, -0.15) is 0 Å². The number of aromatic hydroxyl groups is 1. The molecule has 156 valence electrons. The zero-order valence-corrected chi connectivity index (χ0v) is 17.5. The van der Waals surface area contributed by atoms with E-state index in [1.807, 2.05) is 13.8 Å². The fraction of sp³-hybridized carbons (Fsp3) is 0.304. The summed E-state index contributed by atoms with van der Waals surface area (Å²) in [4.78, 5) is 28.2. The van der Waals surface area contributed by atoms with Crippen molar-refractivity contribution in [1.82, 2.24) is 4.90 Å². The summed E-state index contributed by atoms with van der Waals surface area (Å²) >= 11 is 6.08. The lowest BCUT2D eigenvalue weighted by Gasteiger charge is -2.25. The monoisotopic (exact) mass is 427 g/mol. The molecule has 1 unspecified atom stereocenters. The predicted octanol–water partition coefficient (Wildman–Crippen LogP) is 4.51. The molecule has 2 aromatic carbocycles. The van der Waals surface area contributed by atoms with Gasteiger partial charge in [0.1, 0.15) is 11.3 Å². The zero-order valence-electron chi connectivity index (χ0n) is 16.7. The summed E-state index contributed by atoms with van der Waals surface area (Å²) in [7, 11) is 0. The normalized spacial score (nSPS) is 15.9. The van der Waals surface area contributed by atoms with Crippen LogP contribution >= 0.6 is 11.6 Å². The zero-order chi connectivity index (χ0) is 21.4. The van der Waals surface area contributed by atoms with Gasteiger partial charge in [0.05, 0.1) is 23.1 Å². The van der Waals surface area contributed by atoms with Gasteiger partial charge in [-0.05, 0) is 56.2 Å². The van der Waals surface area contributed by atoms with Gasteiger partial charge in [0.15, 0.2) is 5.43 Å². The number of hydrogen-bond acceptors (Lipinski definition) is 5. The highest BCUT2D eigenvalue weighted by molar-refractivity contribution is 6.31. The molecular weight excluding hydrogens is 406 g/mol. The number of nitrogens with zero attached hydrogens (tertiary/aromatic N) is 1. The molecule has 4 rings (SSSR count). The Morgan fingerprint density at radius 3 is 2.60 bits per heavy atom. The van der Waals surface area contributed by atoms with E-state index in [1.165, 1.54) is 12.1 Å². The summed E-state index contributed by atoms with van der Waals surface area (Å²) in [6.07, 6.45) is 0.717. The number of carbonyl (C=O) groups excluding carboxylic acids is 1. The maximum absolute atomic E-state index is 13.4. The van der Waals surface area contributed by atoms with Crippen molar-refractivity contribution in [3.63, 3.8) is 0 Å². The number of hydrogen-bond donors (Lipinski definition) is 1. The summed E-state index contributed by atoms with van der Waals surface area (Å²) in [6.45, 7) is 4.81. The molecular formula is C23H22ClNO5. The highest BCUT2D eigenvalue weighted by atomic mass is 35.5. The maximum Gasteiger partial charge on any atom is 0.290 e. The van der Waals surface area contributed by atoms with E-state index in [2.05, 4.69) is 0 Å². The molecule has 2 heterocycles. The Labute approximate surface area is 178 Å². The van der Waals surface area contributed by atoms with Gasteiger partial charge in [0, 0.05) is 18.2 Å². The molecule has 1 amide bonds. The molecule has 0 bridgehead atoms. The molecule has 30 heavy (non-hydrogen) atoms. The number of rotatable bonds is 6. The van der Waals surface area contributed by atoms with Crippen molar-refractivity contribution in [3.8, 4) is 5.75 Å². The second-order valence-corrected chi connectivity index (χ2v) is 8.02. The Morgan fingerprint density at radius 2 is 1.90 bits per heavy atom. The minimum atomic E-state index is -0.605. The predicted molar refractivity (Wildman–Crippen MR) is 114 cm³/mol. The van der Waals surface area contributed by atoms with Gasteiger partial charge in [-0.1, -0.05) is 23.7 Å². The Bertz CT molecular complexity index is 1150. The number of halogens is 1. The van der Waals surface area contributed by atoms with Crippen LogP contribution in [0.1, 0.15) is 48.0 Å². The Balaban J connectivity index is 1.81. The van der Waals surface area contributed by atoms with Gasteiger partial charge < -0.3 is 19.2 Å². The maximum atomic E-state index is 13.4. The molecule has 0 saturated carbocycles. The molecule has 1 N–H and O–H groups in total. The van der Waals surface area contributed by atoms with Crippen LogP contribution in [0.5, 0.6) is 5.75 Å². The first-order valence-electron chi connectivity index (χ1n) is 9.84. The first kappa shape index (κ1) is 20.4. The van der Waals surface area contributed by atoms with E-state index in [0.29, 0.717) is 41.1 Å². The van der Waals surface area contributed by atoms with Crippen LogP contribution in [0.4, 0.5) is 0 Å². The van der Waals surface area contributed by atoms with Crippen molar-refractivity contribution in [2.24, 2.45) is 0 Å². The summed E-state index contributed by atoms with van der Waals surface area (Å²) < 4.78 is 11.5. The summed E-state index contributed by atoms with van der Waals surface area (Å²) in [5.41, 5.74) is 1.07. The van der Waals surface area contributed by atoms with Gasteiger partial charge in [0.25, 0.3) is 5.91 Å². The van der Waals surface area contributed by atoms with E-state index in [0.717, 1.165) is 5.56 Å². The highest BCUT2D eigenvalue weighted by Crippen LogP contribution is 2.38. The van der Waals surface area contributed by atoms with Crippen LogP contribution in [0.3, 0.4) is 0 Å². The summed E-state index contributed by atoms with van der Waals surface area (Å²) in [5.74, 6) is -0.170. The second-order valence-electron chi connectivity index (χ2n) is 7.58. The Morgan fingerprint density at radius 1 is 1.17 bits per heavy atom. The van der Waals surface area contributed by atoms with Gasteiger partial charge in [0.2, 0.25) is 5.76 Å². The largest absolute Gasteiger partial charge is 0.508 e. The van der Waals surface area contributed by atoms with Gasteiger partial charge in [-0.25, -0.2) is 0 Å². The number of phenolic OH excluding ortho intramolecular Hbond substituents is 1. The topological polar surface area (TPSA) is 80.0 Å². The lowest BCUT2D eigenvalue weighted by molar-refractivity contribution is 0.0593. The van der Waals surface area contributed by atoms with Crippen LogP contribution < -0.4 is 5.43 Å². The molecule has 0 spiro atoms. The fourth-order valence-corrected chi connectivity index (χ4v) is 3.95. The Kier molecular flexibility index (Phi) is 5.54. The molecule has 1 aliphatic heterocycles. The molecule has 7 heteroatoms. The standard InChI is InChI=1S/C23H22ClNO5/c1-13(2)29-11-3-10-25-20(14-4-7-16(26)8-5-14)19-21(27)17-12-15(24)6-9-18(17)30-22(19)23(25)28/h4-9,12-13,20,26H,3,10-11H2,1-2H3. The summed E-state index contributed by atoms with van der Waals surface area (Å²) in [6, 6.07) is 10.7. The molecule has 1 aromatic heterocycles. The molecule has 1 atom stereocenters. The lowest BCUT2D eigenvalue weighted by Crippen LogP contribution is -2.31. The lowest BCUT2D eigenvalue weighted by atomic mass is 9.98. The van der Waals surface area contributed by atoms with Crippen LogP contribution in [0, 0.1) is 0 Å². The average molecular weight is 428 g/mol. The molecule has 1 aliphatic rings. The summed E-state index contributed by atoms with van der Waals surface area (Å²) in [5, 5.41) is 10.4. The van der Waals surface area contributed by atoms with Crippen LogP contribution in [-0.2, 0) is 4.74 Å². The number of fused-ring (bicyclic) bond motifs is 2. The van der Waals surface area contributed by atoms with Crippen LogP contribution in [0.2, 0.25) is 5.02 Å². The van der Waals surface area contributed by atoms with E-state index >= 15 is 0 Å². The molecule has 6 nitrogen and oxygen atoms in total. The number of ether oxygens (including phenoxy) is 1. The smallest absolute Gasteiger partial charge is 0.290 e. The number of benzene rings is 2. The molecule has 0 saturated heterocycles. The molecule has 3 aromatic rings. The minimum absolute atomic E-state index is 0.0534. The van der Waals surface area contributed by atoms with Crippen LogP contribution in [-0.4, -0.2) is 35.2 Å². The van der Waals surface area contributed by atoms with Crippen molar-refractivity contribution in [1.29, 1.82) is 0 Å². The third kappa shape index (κ3) is 3.68. The van der Waals surface area contributed by atoms with E-state index in [4.69, 9.17) is 20.8 Å². The second kappa shape index (κ2) is 8.13.